The minimum atomic E-state index is -4.21. The number of carbonyl (C=O) groups is 2. The predicted octanol–water partition coefficient (Wildman–Crippen LogP) is -4.65. The maximum absolute atomic E-state index is 10.6. The maximum Gasteiger partial charge on any atom is 1.00 e. The van der Waals surface area contributed by atoms with Gasteiger partial charge in [0, 0.05) is 53.0 Å². The van der Waals surface area contributed by atoms with Gasteiger partial charge in [-0.3, -0.25) is 4.79 Å². The molecule has 0 aromatic rings. The Labute approximate surface area is 307 Å². The molecule has 0 saturated carbocycles. The fourth-order valence-electron chi connectivity index (χ4n) is 3.97. The van der Waals surface area contributed by atoms with Crippen molar-refractivity contribution < 1.29 is 110 Å². The average molecular weight is 734 g/mol. The number of rotatable bonds is 13. The third-order valence-corrected chi connectivity index (χ3v) is 9.15. The topological polar surface area (TPSA) is 232 Å². The van der Waals surface area contributed by atoms with Gasteiger partial charge in [0.2, 0.25) is 0 Å². The van der Waals surface area contributed by atoms with Crippen LogP contribution >= 0.6 is 15.9 Å². The summed E-state index contributed by atoms with van der Waals surface area (Å²) in [4.78, 5) is 20.1. The Morgan fingerprint density at radius 1 is 0.837 bits per heavy atom. The number of alkyl halides is 1. The number of hydrogen-bond acceptors (Lipinski definition) is 12. The van der Waals surface area contributed by atoms with Crippen LogP contribution < -0.4 is 64.2 Å². The van der Waals surface area contributed by atoms with Crippen LogP contribution in [0.2, 0.25) is 0 Å². The van der Waals surface area contributed by atoms with Crippen LogP contribution in [0.25, 0.3) is 0 Å². The fraction of sp³-hybridized carbons (Fsp3) is 0.750. The molecule has 0 aromatic carbocycles. The largest absolute Gasteiger partial charge is 1.00 e. The van der Waals surface area contributed by atoms with Crippen molar-refractivity contribution in [2.45, 2.75) is 80.1 Å². The minimum Gasteiger partial charge on any atom is -0.748 e. The zero-order chi connectivity index (χ0) is 32.2. The first-order chi connectivity index (χ1) is 18.6. The Morgan fingerprint density at radius 3 is 1.58 bits per heavy atom. The number of hydrogen-bond donors (Lipinski definition) is 1. The molecule has 1 N–H and O–H groups in total. The summed E-state index contributed by atoms with van der Waals surface area (Å²) in [5.41, 5.74) is 2.70. The maximum atomic E-state index is 10.6. The molecule has 2 heterocycles. The molecule has 14 nitrogen and oxygen atoms in total. The molecule has 1 unspecified atom stereocenters. The van der Waals surface area contributed by atoms with E-state index in [1.165, 1.54) is 0 Å². The monoisotopic (exact) mass is 732 g/mol. The third kappa shape index (κ3) is 18.0. The number of aliphatic carboxylic acids is 2. The summed E-state index contributed by atoms with van der Waals surface area (Å²) in [6.45, 7) is 11.5. The molecule has 0 amide bonds. The quantitative estimate of drug-likeness (QED) is 0.0823. The number of carbonyl (C=O) groups excluding carboxylic acids is 1. The van der Waals surface area contributed by atoms with E-state index in [0.717, 1.165) is 22.8 Å². The van der Waals surface area contributed by atoms with Gasteiger partial charge in [-0.2, -0.15) is 10.2 Å². The van der Waals surface area contributed by atoms with Gasteiger partial charge in [0.25, 0.3) is 0 Å². The van der Waals surface area contributed by atoms with Crippen molar-refractivity contribution in [2.24, 2.45) is 26.1 Å². The van der Waals surface area contributed by atoms with Gasteiger partial charge in [0.1, 0.15) is 0 Å². The van der Waals surface area contributed by atoms with Crippen molar-refractivity contribution in [2.75, 3.05) is 23.4 Å². The van der Waals surface area contributed by atoms with Gasteiger partial charge in [-0.1, -0.05) is 20.6 Å². The van der Waals surface area contributed by atoms with Gasteiger partial charge in [-0.15, -0.1) is 0 Å². The Bertz CT molecular complexity index is 1280. The summed E-state index contributed by atoms with van der Waals surface area (Å²) in [6, 6.07) is 0. The van der Waals surface area contributed by atoms with Gasteiger partial charge in [0.05, 0.1) is 37.8 Å². The second-order valence-corrected chi connectivity index (χ2v) is 14.0. The van der Waals surface area contributed by atoms with Gasteiger partial charge >= 0.3 is 65.1 Å². The van der Waals surface area contributed by atoms with Crippen LogP contribution in [-0.4, -0.2) is 93.9 Å². The normalized spacial score (nSPS) is 18.9. The smallest absolute Gasteiger partial charge is 0.748 e. The fourth-order valence-corrected chi connectivity index (χ4v) is 5.30. The van der Waals surface area contributed by atoms with Crippen molar-refractivity contribution >= 4 is 71.0 Å². The molecule has 236 valence electrons. The molecule has 43 heavy (non-hydrogen) atoms. The second kappa shape index (κ2) is 20.9. The van der Waals surface area contributed by atoms with Gasteiger partial charge < -0.3 is 24.1 Å². The Kier molecular flexibility index (Phi) is 23.0. The zero-order valence-electron chi connectivity index (χ0n) is 26.2. The van der Waals surface area contributed by atoms with E-state index in [1.807, 2.05) is 41.5 Å². The first-order valence-corrected chi connectivity index (χ1v) is 17.0. The molecule has 0 bridgehead atoms. The molecule has 2 aliphatic heterocycles. The van der Waals surface area contributed by atoms with Gasteiger partial charge in [0.15, 0.2) is 12.3 Å². The molecule has 0 spiro atoms. The van der Waals surface area contributed by atoms with Crippen LogP contribution in [-0.2, 0) is 29.8 Å². The van der Waals surface area contributed by atoms with E-state index in [1.54, 1.807) is 4.68 Å². The second-order valence-electron chi connectivity index (χ2n) is 10.1. The molecular weight excluding hydrogens is 694 g/mol. The first kappa shape index (κ1) is 47.3. The van der Waals surface area contributed by atoms with E-state index < -0.39 is 43.3 Å². The van der Waals surface area contributed by atoms with E-state index >= 15 is 0 Å². The molecule has 0 radical (unpaired) electrons. The van der Waals surface area contributed by atoms with Crippen molar-refractivity contribution in [1.82, 2.24) is 0 Å². The SMILES string of the molecule is CC1=NN=C(C)C1(C)CCCS(=O)(=O)[O-].CC1=N[N+](CCC(=O)[O-])=C(C)C1(C)CCCS(=O)(=O)[O-].O=C(O)CCBr.[Na+].[Na+]. The molecule has 0 fully saturated rings. The standard InChI is InChI=1S/C12H20N2O5S.C9H16N2O3S.C3H5BrO2.2Na/c1-9-12(3,6-4-8-20(17,18)19)10(2)14(13-9)7-5-11(15)16;1-7-9(3,8(2)11-10-7)5-4-6-15(12,13)14;4-2-1-3(5)6;;/h4-8H2,1-3H3,(H-,15,16,17,18,19);4-6H2,1-3H3,(H,12,13,14);1-2H2,(H,5,6);;/q;;;2*+1/p-2. The Morgan fingerprint density at radius 2 is 1.26 bits per heavy atom. The summed E-state index contributed by atoms with van der Waals surface area (Å²) < 4.78 is 64.9. The van der Waals surface area contributed by atoms with Crippen LogP contribution in [0.15, 0.2) is 15.3 Å². The Balaban J connectivity index is -0.000000616. The van der Waals surface area contributed by atoms with E-state index in [0.29, 0.717) is 24.6 Å². The summed E-state index contributed by atoms with van der Waals surface area (Å²) >= 11 is 2.97. The first-order valence-electron chi connectivity index (χ1n) is 12.7. The number of nitrogens with zero attached hydrogens (tertiary/aromatic N) is 4. The minimum absolute atomic E-state index is 0. The molecule has 0 saturated heterocycles. The van der Waals surface area contributed by atoms with Crippen LogP contribution in [0.3, 0.4) is 0 Å². The van der Waals surface area contributed by atoms with E-state index in [4.69, 9.17) is 5.11 Å². The molecule has 0 aromatic heterocycles. The summed E-state index contributed by atoms with van der Waals surface area (Å²) in [7, 11) is -8.32. The van der Waals surface area contributed by atoms with Crippen LogP contribution in [0.4, 0.5) is 0 Å². The number of carboxylic acid groups (broad SMARTS) is 2. The molecular formula is C24H39BrN4Na2O10S2. The number of carboxylic acids is 2. The molecule has 2 rings (SSSR count). The van der Waals surface area contributed by atoms with Crippen molar-refractivity contribution in [3.05, 3.63) is 0 Å². The van der Waals surface area contributed by atoms with Crippen molar-refractivity contribution in [1.29, 1.82) is 0 Å². The third-order valence-electron chi connectivity index (χ3n) is 7.18. The van der Waals surface area contributed by atoms with Gasteiger partial charge in [-0.05, 0) is 65.4 Å². The molecule has 2 aliphatic rings. The van der Waals surface area contributed by atoms with E-state index in [-0.39, 0.29) is 96.1 Å². The van der Waals surface area contributed by atoms with Gasteiger partial charge in [-0.25, -0.2) is 16.8 Å². The molecule has 0 aliphatic carbocycles. The molecule has 1 atom stereocenters. The van der Waals surface area contributed by atoms with E-state index in [9.17, 15) is 40.6 Å². The average Bonchev–Trinajstić information content (AvgIpc) is 3.18. The molecule has 19 heteroatoms. The summed E-state index contributed by atoms with van der Waals surface area (Å²) in [5.74, 6) is -2.62. The van der Waals surface area contributed by atoms with Crippen LogP contribution in [0.5, 0.6) is 0 Å². The van der Waals surface area contributed by atoms with Crippen LogP contribution in [0.1, 0.15) is 80.1 Å². The number of hydrazone groups is 1. The summed E-state index contributed by atoms with van der Waals surface area (Å²) in [5, 5.41) is 31.1. The van der Waals surface area contributed by atoms with Crippen molar-refractivity contribution in [3.8, 4) is 0 Å². The summed E-state index contributed by atoms with van der Waals surface area (Å²) in [6.07, 6.45) is 1.76. The zero-order valence-corrected chi connectivity index (χ0v) is 33.4. The van der Waals surface area contributed by atoms with Crippen LogP contribution in [0, 0.1) is 10.8 Å². The van der Waals surface area contributed by atoms with Crippen molar-refractivity contribution in [3.63, 3.8) is 0 Å². The Hall–Kier alpha value is -0.0800. The van der Waals surface area contributed by atoms with E-state index in [2.05, 4.69) is 31.2 Å². The number of halogens is 1. The predicted molar refractivity (Wildman–Crippen MR) is 155 cm³/mol.